The van der Waals surface area contributed by atoms with E-state index in [9.17, 15) is 15.0 Å². The van der Waals surface area contributed by atoms with Crippen LogP contribution in [-0.2, 0) is 23.0 Å². The molecule has 0 atom stereocenters. The summed E-state index contributed by atoms with van der Waals surface area (Å²) in [5, 5.41) is 27.7. The van der Waals surface area contributed by atoms with Crippen LogP contribution in [0.25, 0.3) is 0 Å². The molecule has 1 aliphatic heterocycles. The number of rotatable bonds is 2. The van der Waals surface area contributed by atoms with E-state index in [2.05, 4.69) is 12.6 Å². The molecule has 4 rings (SSSR count). The van der Waals surface area contributed by atoms with E-state index in [0.717, 1.165) is 16.7 Å². The molecular formula is C21H14NO4S-. The quantitative estimate of drug-likeness (QED) is 0.404. The van der Waals surface area contributed by atoms with Gasteiger partial charge in [0.15, 0.2) is 5.60 Å². The van der Waals surface area contributed by atoms with Gasteiger partial charge in [-0.3, -0.25) is 0 Å². The summed E-state index contributed by atoms with van der Waals surface area (Å²) in [5.74, 6) is -0.124. The first-order valence-electron chi connectivity index (χ1n) is 7.96. The van der Waals surface area contributed by atoms with E-state index in [1.807, 2.05) is 12.1 Å². The second-order valence-electron chi connectivity index (χ2n) is 5.80. The number of phenols is 2. The number of hydrogen-bond donors (Lipinski definition) is 2. The van der Waals surface area contributed by atoms with E-state index in [1.54, 1.807) is 60.7 Å². The van der Waals surface area contributed by atoms with Crippen molar-refractivity contribution in [1.82, 2.24) is 0 Å². The third-order valence-corrected chi connectivity index (χ3v) is 4.32. The van der Waals surface area contributed by atoms with E-state index in [0.29, 0.717) is 5.56 Å². The lowest BCUT2D eigenvalue weighted by atomic mass is 9.80. The average Bonchev–Trinajstić information content (AvgIpc) is 2.98. The highest BCUT2D eigenvalue weighted by molar-refractivity contribution is 7.64. The Bertz CT molecular complexity index is 962. The lowest BCUT2D eigenvalue weighted by Crippen LogP contribution is -2.29. The minimum Gasteiger partial charge on any atom is -0.696 e. The van der Waals surface area contributed by atoms with E-state index in [1.165, 1.54) is 5.40 Å². The predicted molar refractivity (Wildman–Crippen MR) is 101 cm³/mol. The molecule has 0 amide bonds. The Morgan fingerprint density at radius 1 is 0.852 bits per heavy atom. The zero-order valence-electron chi connectivity index (χ0n) is 14.0. The Morgan fingerprint density at radius 2 is 1.30 bits per heavy atom. The predicted octanol–water partition coefficient (Wildman–Crippen LogP) is 3.57. The molecule has 134 valence electrons. The van der Waals surface area contributed by atoms with Crippen LogP contribution in [0.4, 0.5) is 0 Å². The number of hydrogen-bond acceptors (Lipinski definition) is 6. The minimum absolute atomic E-state index is 0.136. The van der Waals surface area contributed by atoms with Crippen molar-refractivity contribution in [2.45, 2.75) is 5.60 Å². The number of cyclic esters (lactones) is 1. The highest BCUT2D eigenvalue weighted by Gasteiger charge is 2.48. The summed E-state index contributed by atoms with van der Waals surface area (Å²) in [5.41, 5.74) is 1.60. The summed E-state index contributed by atoms with van der Waals surface area (Å²) >= 11 is 3.70. The van der Waals surface area contributed by atoms with Crippen LogP contribution >= 0.6 is 0 Å². The molecule has 3 aromatic rings. The van der Waals surface area contributed by atoms with Gasteiger partial charge in [0, 0.05) is 16.7 Å². The van der Waals surface area contributed by atoms with E-state index < -0.39 is 11.6 Å². The summed E-state index contributed by atoms with van der Waals surface area (Å²) in [4.78, 5) is 12.4. The van der Waals surface area contributed by atoms with Crippen molar-refractivity contribution in [3.63, 3.8) is 0 Å². The van der Waals surface area contributed by atoms with Gasteiger partial charge in [-0.25, -0.2) is 10.1 Å². The fourth-order valence-corrected chi connectivity index (χ4v) is 3.20. The van der Waals surface area contributed by atoms with Crippen LogP contribution in [0.5, 0.6) is 11.5 Å². The number of ether oxygens (including phenoxy) is 1. The number of benzene rings is 3. The number of nitriles is 1. The van der Waals surface area contributed by atoms with Crippen molar-refractivity contribution >= 4 is 18.6 Å². The molecule has 5 nitrogen and oxygen atoms in total. The second-order valence-corrected chi connectivity index (χ2v) is 5.98. The number of esters is 1. The Balaban J connectivity index is 0.000000659. The monoisotopic (exact) mass is 376 g/mol. The van der Waals surface area contributed by atoms with Gasteiger partial charge in [0.2, 0.25) is 0 Å². The van der Waals surface area contributed by atoms with Crippen LogP contribution in [0.2, 0.25) is 0 Å². The molecular weight excluding hydrogens is 362 g/mol. The molecule has 0 aliphatic carbocycles. The molecule has 2 N–H and O–H groups in total. The Labute approximate surface area is 161 Å². The molecule has 0 radical (unpaired) electrons. The van der Waals surface area contributed by atoms with Crippen molar-refractivity contribution in [2.24, 2.45) is 0 Å². The van der Waals surface area contributed by atoms with Crippen molar-refractivity contribution in [3.8, 4) is 16.9 Å². The first kappa shape index (κ1) is 18.2. The largest absolute Gasteiger partial charge is 0.696 e. The minimum atomic E-state index is -1.10. The first-order valence-corrected chi connectivity index (χ1v) is 8.37. The van der Waals surface area contributed by atoms with Crippen LogP contribution in [0, 0.1) is 10.7 Å². The average molecular weight is 376 g/mol. The molecule has 6 heteroatoms. The Morgan fingerprint density at radius 3 is 1.78 bits per heavy atom. The maximum Gasteiger partial charge on any atom is 0.340 e. The summed E-state index contributed by atoms with van der Waals surface area (Å²) in [6.45, 7) is 0. The molecule has 27 heavy (non-hydrogen) atoms. The van der Waals surface area contributed by atoms with Gasteiger partial charge in [0.05, 0.1) is 5.56 Å². The van der Waals surface area contributed by atoms with Crippen LogP contribution in [0.1, 0.15) is 27.0 Å². The molecule has 0 bridgehead atoms. The molecule has 0 spiro atoms. The topological polar surface area (TPSA) is 90.6 Å². The number of fused-ring (bicyclic) bond motifs is 1. The summed E-state index contributed by atoms with van der Waals surface area (Å²) < 4.78 is 5.87. The van der Waals surface area contributed by atoms with Crippen molar-refractivity contribution in [3.05, 3.63) is 95.1 Å². The lowest BCUT2D eigenvalue weighted by molar-refractivity contribution is 0.0251. The van der Waals surface area contributed by atoms with E-state index >= 15 is 0 Å². The van der Waals surface area contributed by atoms with Crippen LogP contribution in [0.15, 0.2) is 72.8 Å². The van der Waals surface area contributed by atoms with Gasteiger partial charge < -0.3 is 27.6 Å². The first-order chi connectivity index (χ1) is 13.0. The normalized spacial score (nSPS) is 13.5. The van der Waals surface area contributed by atoms with E-state index in [4.69, 9.17) is 10.00 Å². The Hall–Kier alpha value is -3.56. The molecule has 0 unspecified atom stereocenters. The molecule has 1 aliphatic rings. The maximum absolute atomic E-state index is 12.4. The second kappa shape index (κ2) is 7.36. The molecule has 0 saturated carbocycles. The summed E-state index contributed by atoms with van der Waals surface area (Å²) in [6, 6.07) is 20.4. The highest BCUT2D eigenvalue weighted by atomic mass is 32.1. The van der Waals surface area contributed by atoms with Gasteiger partial charge in [-0.2, -0.15) is 0 Å². The number of carbonyl (C=O) groups is 1. The summed E-state index contributed by atoms with van der Waals surface area (Å²) in [6.07, 6.45) is 0. The van der Waals surface area contributed by atoms with Crippen LogP contribution in [0.3, 0.4) is 0 Å². The number of phenolic OH excluding ortho intramolecular Hbond substituents is 2. The van der Waals surface area contributed by atoms with Gasteiger partial charge in [0.1, 0.15) is 11.5 Å². The molecule has 3 aromatic carbocycles. The smallest absolute Gasteiger partial charge is 0.340 e. The fourth-order valence-electron chi connectivity index (χ4n) is 3.20. The van der Waals surface area contributed by atoms with Crippen molar-refractivity contribution in [2.75, 3.05) is 0 Å². The van der Waals surface area contributed by atoms with Gasteiger partial charge in [-0.1, -0.05) is 47.9 Å². The molecule has 0 saturated heterocycles. The number of carbonyl (C=O) groups excluding carboxylic acids is 1. The van der Waals surface area contributed by atoms with E-state index in [-0.39, 0.29) is 11.5 Å². The molecule has 1 heterocycles. The van der Waals surface area contributed by atoms with Gasteiger partial charge in [0.25, 0.3) is 0 Å². The Kier molecular flexibility index (Phi) is 4.97. The van der Waals surface area contributed by atoms with Gasteiger partial charge in [-0.15, -0.1) is 0 Å². The highest BCUT2D eigenvalue weighted by Crippen LogP contribution is 2.47. The summed E-state index contributed by atoms with van der Waals surface area (Å²) in [7, 11) is 0. The van der Waals surface area contributed by atoms with Crippen molar-refractivity contribution in [1.29, 1.82) is 5.26 Å². The maximum atomic E-state index is 12.4. The molecule has 0 fully saturated rings. The van der Waals surface area contributed by atoms with Crippen LogP contribution < -0.4 is 0 Å². The van der Waals surface area contributed by atoms with Crippen LogP contribution in [-0.4, -0.2) is 16.2 Å². The number of nitrogens with zero attached hydrogens (tertiary/aromatic N) is 1. The third-order valence-electron chi connectivity index (χ3n) is 4.32. The number of aromatic hydroxyl groups is 2. The fraction of sp³-hybridized carbons (Fsp3) is 0.0476. The third kappa shape index (κ3) is 3.16. The zero-order valence-corrected chi connectivity index (χ0v) is 14.8. The standard InChI is InChI=1S/C20H14O4.CHNS/c21-15-9-5-13(6-10-15)20(14-7-11-16(22)12-8-14)18-4-2-1-3-17(18)19(23)24-20;2-1-3/h1-12,21-22H;3H/p-1. The SMILES string of the molecule is N#C[S-].O=C1OC(c2ccc(O)cc2)(c2ccc(O)cc2)c2ccccc21. The number of thiocyanates is 1. The van der Waals surface area contributed by atoms with Gasteiger partial charge in [-0.05, 0) is 30.3 Å². The lowest BCUT2D eigenvalue weighted by Gasteiger charge is -2.30. The zero-order chi connectivity index (χ0) is 19.4. The van der Waals surface area contributed by atoms with Gasteiger partial charge >= 0.3 is 5.97 Å². The van der Waals surface area contributed by atoms with Crippen molar-refractivity contribution < 1.29 is 19.7 Å². The molecule has 0 aromatic heterocycles.